The Labute approximate surface area is 201 Å². The summed E-state index contributed by atoms with van der Waals surface area (Å²) in [5.74, 6) is 1.28. The van der Waals surface area contributed by atoms with E-state index in [9.17, 15) is 4.79 Å². The van der Waals surface area contributed by atoms with E-state index in [1.54, 1.807) is 13.3 Å². The van der Waals surface area contributed by atoms with E-state index in [0.29, 0.717) is 11.2 Å². The zero-order chi connectivity index (χ0) is 21.6. The first kappa shape index (κ1) is 21.3. The summed E-state index contributed by atoms with van der Waals surface area (Å²) in [6.45, 7) is 6.07. The standard InChI is InChI=1S/C22H21I2N4O2/c1-13-18-12-26-28(19-9-8-15(11-25-19)22(3,23)24)21(29)20(18)14(2)27(13)16-6-5-7-17(10-16)30-4/h5-12,23H,1-4H3/q+1. The molecule has 0 bridgehead atoms. The van der Waals surface area contributed by atoms with Gasteiger partial charge in [0.05, 0.1) is 18.7 Å². The molecule has 154 valence electrons. The average Bonchev–Trinajstić information content (AvgIpc) is 2.98. The number of aromatic nitrogens is 4. The van der Waals surface area contributed by atoms with Crippen LogP contribution in [0.4, 0.5) is 0 Å². The highest BCUT2D eigenvalue weighted by Gasteiger charge is 2.28. The van der Waals surface area contributed by atoms with Gasteiger partial charge in [-0.3, -0.25) is 4.79 Å². The van der Waals surface area contributed by atoms with Gasteiger partial charge in [0.2, 0.25) is 1.43 Å². The molecule has 0 aliphatic rings. The van der Waals surface area contributed by atoms with Gasteiger partial charge in [-0.2, -0.15) is 9.78 Å². The predicted molar refractivity (Wildman–Crippen MR) is 123 cm³/mol. The van der Waals surface area contributed by atoms with E-state index in [2.05, 4.69) is 44.2 Å². The molecular weight excluding hydrogens is 606 g/mol. The molecule has 0 N–H and O–H groups in total. The number of hydrogen-bond donors (Lipinski definition) is 0. The van der Waals surface area contributed by atoms with Crippen LogP contribution in [0, 0.1) is 13.8 Å². The number of ether oxygens (including phenoxy) is 1. The maximum atomic E-state index is 13.4. The number of rotatable bonds is 4. The minimum Gasteiger partial charge on any atom is -0.497 e. The topological polar surface area (TPSA) is 61.9 Å². The largest absolute Gasteiger partial charge is 0.497 e. The minimum atomic E-state index is -0.176. The summed E-state index contributed by atoms with van der Waals surface area (Å²) in [7, 11) is 1.64. The van der Waals surface area contributed by atoms with Crippen LogP contribution in [-0.2, 0) is 1.43 Å². The highest BCUT2D eigenvalue weighted by Crippen LogP contribution is 2.28. The first-order valence-electron chi connectivity index (χ1n) is 9.33. The third kappa shape index (κ3) is 3.64. The van der Waals surface area contributed by atoms with Gasteiger partial charge in [0.15, 0.2) is 5.82 Å². The molecule has 0 amide bonds. The fraction of sp³-hybridized carbons (Fsp3) is 0.227. The minimum absolute atomic E-state index is 0.0244. The molecule has 4 rings (SSSR count). The van der Waals surface area contributed by atoms with Crippen LogP contribution in [0.3, 0.4) is 0 Å². The van der Waals surface area contributed by atoms with Crippen molar-refractivity contribution in [3.8, 4) is 17.3 Å². The van der Waals surface area contributed by atoms with E-state index in [-0.39, 0.29) is 6.99 Å². The van der Waals surface area contributed by atoms with Crippen molar-refractivity contribution in [2.75, 3.05) is 7.11 Å². The fourth-order valence-corrected chi connectivity index (χ4v) is 4.30. The summed E-state index contributed by atoms with van der Waals surface area (Å²) >= 11 is 4.42. The van der Waals surface area contributed by atoms with E-state index in [4.69, 9.17) is 4.74 Å². The van der Waals surface area contributed by atoms with Gasteiger partial charge < -0.3 is 9.30 Å². The summed E-state index contributed by atoms with van der Waals surface area (Å²) < 4.78 is 8.78. The normalized spacial score (nSPS) is 13.4. The van der Waals surface area contributed by atoms with Crippen LogP contribution in [0.25, 0.3) is 22.3 Å². The molecule has 1 atom stereocenters. The number of fused-ring (bicyclic) bond motifs is 1. The molecule has 3 heterocycles. The number of benzene rings is 1. The molecule has 8 heteroatoms. The van der Waals surface area contributed by atoms with Gasteiger partial charge >= 0.3 is 0 Å². The highest BCUT2D eigenvalue weighted by atomic mass is 127. The Bertz CT molecular complexity index is 1300. The zero-order valence-corrected chi connectivity index (χ0v) is 21.5. The quantitative estimate of drug-likeness (QED) is 0.252. The lowest BCUT2D eigenvalue weighted by Gasteiger charge is -2.10. The van der Waals surface area contributed by atoms with Gasteiger partial charge in [0, 0.05) is 40.3 Å². The van der Waals surface area contributed by atoms with E-state index in [1.165, 1.54) is 4.68 Å². The van der Waals surface area contributed by atoms with E-state index < -0.39 is 0 Å². The third-order valence-electron chi connectivity index (χ3n) is 5.19. The maximum Gasteiger partial charge on any atom is 0.282 e. The van der Waals surface area contributed by atoms with Gasteiger partial charge in [-0.05, 0) is 67.6 Å². The summed E-state index contributed by atoms with van der Waals surface area (Å²) in [6.07, 6.45) is 3.55. The van der Waals surface area contributed by atoms with E-state index >= 15 is 0 Å². The molecule has 0 radical (unpaired) electrons. The number of pyridine rings is 1. The van der Waals surface area contributed by atoms with Gasteiger partial charge in [0.1, 0.15) is 5.75 Å². The molecule has 6 nitrogen and oxygen atoms in total. The molecule has 0 saturated heterocycles. The molecule has 1 aromatic carbocycles. The summed E-state index contributed by atoms with van der Waals surface area (Å²) in [4.78, 5) is 17.9. The van der Waals surface area contributed by atoms with Crippen molar-refractivity contribution in [3.05, 3.63) is 76.1 Å². The summed E-state index contributed by atoms with van der Waals surface area (Å²) in [5, 5.41) is 5.89. The Hall–Kier alpha value is -1.95. The zero-order valence-electron chi connectivity index (χ0n) is 17.0. The van der Waals surface area contributed by atoms with Gasteiger partial charge in [-0.1, -0.05) is 6.07 Å². The number of methoxy groups -OCH3 is 1. The lowest BCUT2D eigenvalue weighted by Crippen LogP contribution is -3.40. The third-order valence-corrected chi connectivity index (χ3v) is 6.49. The smallest absolute Gasteiger partial charge is 0.282 e. The van der Waals surface area contributed by atoms with Crippen LogP contribution >= 0.6 is 22.6 Å². The van der Waals surface area contributed by atoms with Crippen molar-refractivity contribution < 1.29 is 27.3 Å². The van der Waals surface area contributed by atoms with Crippen LogP contribution < -0.4 is 32.9 Å². The van der Waals surface area contributed by atoms with Crippen molar-refractivity contribution in [3.63, 3.8) is 0 Å². The lowest BCUT2D eigenvalue weighted by atomic mass is 10.2. The SMILES string of the molecule is COc1cccc(-n2c(C)c3cnn(-c4ccc(C(C)(I)[IH+])cn4)c(=O)c3c2C)c1. The Morgan fingerprint density at radius 3 is 2.53 bits per heavy atom. The second kappa shape index (κ2) is 7.95. The first-order valence-corrected chi connectivity index (χ1v) is 11.6. The summed E-state index contributed by atoms with van der Waals surface area (Å²) in [5.41, 5.74) is 3.69. The van der Waals surface area contributed by atoms with E-state index in [0.717, 1.165) is 33.8 Å². The van der Waals surface area contributed by atoms with Crippen LogP contribution in [0.2, 0.25) is 0 Å². The fourth-order valence-electron chi connectivity index (χ4n) is 3.64. The maximum absolute atomic E-state index is 13.4. The van der Waals surface area contributed by atoms with Gasteiger partial charge in [0.25, 0.3) is 28.2 Å². The molecule has 0 fully saturated rings. The van der Waals surface area contributed by atoms with Crippen LogP contribution in [0.5, 0.6) is 5.75 Å². The molecule has 0 saturated carbocycles. The van der Waals surface area contributed by atoms with Crippen molar-refractivity contribution >= 4 is 33.4 Å². The van der Waals surface area contributed by atoms with Gasteiger partial charge in [-0.25, -0.2) is 4.98 Å². The second-order valence-corrected chi connectivity index (χ2v) is 13.9. The Morgan fingerprint density at radius 1 is 1.13 bits per heavy atom. The molecule has 30 heavy (non-hydrogen) atoms. The predicted octanol–water partition coefficient (Wildman–Crippen LogP) is 1.09. The molecule has 0 aliphatic carbocycles. The lowest BCUT2D eigenvalue weighted by molar-refractivity contribution is -0.431. The molecule has 3 aromatic heterocycles. The van der Waals surface area contributed by atoms with Crippen molar-refractivity contribution in [1.82, 2.24) is 19.3 Å². The van der Waals surface area contributed by atoms with Crippen LogP contribution in [-0.4, -0.2) is 26.4 Å². The van der Waals surface area contributed by atoms with Crippen molar-refractivity contribution in [2.45, 2.75) is 22.2 Å². The Morgan fingerprint density at radius 2 is 1.90 bits per heavy atom. The number of hydrogen-bond acceptors (Lipinski definition) is 4. The number of alkyl halides is 2. The number of nitrogens with zero attached hydrogens (tertiary/aromatic N) is 4. The Balaban J connectivity index is 1.89. The average molecular weight is 627 g/mol. The Kier molecular flexibility index (Phi) is 5.64. The highest BCUT2D eigenvalue weighted by molar-refractivity contribution is 14.1. The van der Waals surface area contributed by atoms with Crippen molar-refractivity contribution in [2.24, 2.45) is 0 Å². The summed E-state index contributed by atoms with van der Waals surface area (Å²) in [6, 6.07) is 11.6. The first-order chi connectivity index (χ1) is 14.2. The molecule has 1 unspecified atom stereocenters. The number of aryl methyl sites for hydroxylation is 2. The number of halogens is 2. The van der Waals surface area contributed by atoms with Crippen molar-refractivity contribution in [1.29, 1.82) is 0 Å². The van der Waals surface area contributed by atoms with Crippen LogP contribution in [0.1, 0.15) is 23.9 Å². The molecule has 0 spiro atoms. The molecule has 0 aliphatic heterocycles. The van der Waals surface area contributed by atoms with Gasteiger partial charge in [-0.15, -0.1) is 0 Å². The monoisotopic (exact) mass is 627 g/mol. The molecule has 4 aromatic rings. The molecular formula is C22H21I2N4O2+. The van der Waals surface area contributed by atoms with Crippen LogP contribution in [0.15, 0.2) is 53.6 Å². The van der Waals surface area contributed by atoms with E-state index in [1.807, 2.05) is 79.0 Å². The second-order valence-electron chi connectivity index (χ2n) is 7.18.